The maximum absolute atomic E-state index is 13.2. The summed E-state index contributed by atoms with van der Waals surface area (Å²) >= 11 is 3.24. The molecule has 2 atom stereocenters. The number of hydrogen-bond donors (Lipinski definition) is 0. The fourth-order valence-electron chi connectivity index (χ4n) is 4.39. The van der Waals surface area contributed by atoms with Crippen LogP contribution in [0.2, 0.25) is 0 Å². The molecule has 2 fully saturated rings. The minimum atomic E-state index is -0.384. The summed E-state index contributed by atoms with van der Waals surface area (Å²) in [5.41, 5.74) is 1.27. The highest BCUT2D eigenvalue weighted by Gasteiger charge is 2.47. The van der Waals surface area contributed by atoms with Gasteiger partial charge in [-0.25, -0.2) is 4.39 Å². The minimum Gasteiger partial charge on any atom is -0.483 e. The largest absolute Gasteiger partial charge is 0.483 e. The summed E-state index contributed by atoms with van der Waals surface area (Å²) < 4.78 is 21.2. The van der Waals surface area contributed by atoms with Gasteiger partial charge < -0.3 is 19.1 Å². The van der Waals surface area contributed by atoms with Crippen molar-refractivity contribution < 1.29 is 18.7 Å². The number of rotatable bonds is 5. The molecule has 164 valence electrons. The van der Waals surface area contributed by atoms with E-state index in [1.165, 1.54) is 18.2 Å². The molecule has 0 N–H and O–H groups in total. The maximum atomic E-state index is 13.2. The fourth-order valence-corrected chi connectivity index (χ4v) is 4.85. The summed E-state index contributed by atoms with van der Waals surface area (Å²) in [6, 6.07) is 11.5. The fraction of sp³-hybridized carbons (Fsp3) is 0.261. The molecular weight excluding hydrogens is 479 g/mol. The quantitative estimate of drug-likeness (QED) is 0.541. The maximum Gasteiger partial charge on any atom is 0.272 e. The van der Waals surface area contributed by atoms with E-state index in [1.54, 1.807) is 17.2 Å². The van der Waals surface area contributed by atoms with Gasteiger partial charge in [0.25, 0.3) is 11.8 Å². The van der Waals surface area contributed by atoms with Crippen molar-refractivity contribution in [2.45, 2.75) is 18.5 Å². The summed E-state index contributed by atoms with van der Waals surface area (Å²) in [5.74, 6) is -0.237. The molecule has 2 aromatic heterocycles. The van der Waals surface area contributed by atoms with Crippen LogP contribution in [0.5, 0.6) is 5.75 Å². The second kappa shape index (κ2) is 8.38. The molecule has 3 aromatic rings. The first kappa shape index (κ1) is 20.7. The normalized spacial score (nSPS) is 19.4. The van der Waals surface area contributed by atoms with E-state index in [0.29, 0.717) is 29.0 Å². The van der Waals surface area contributed by atoms with E-state index in [-0.39, 0.29) is 36.3 Å². The van der Waals surface area contributed by atoms with Gasteiger partial charge in [0, 0.05) is 37.4 Å². The third-order valence-electron chi connectivity index (χ3n) is 5.93. The van der Waals surface area contributed by atoms with Gasteiger partial charge in [0.15, 0.2) is 6.61 Å². The van der Waals surface area contributed by atoms with Gasteiger partial charge in [-0.3, -0.25) is 14.6 Å². The van der Waals surface area contributed by atoms with Crippen molar-refractivity contribution in [3.05, 3.63) is 77.0 Å². The van der Waals surface area contributed by atoms with Crippen LogP contribution in [0.1, 0.15) is 16.9 Å². The third-order valence-corrected chi connectivity index (χ3v) is 6.55. The van der Waals surface area contributed by atoms with Gasteiger partial charge in [-0.2, -0.15) is 0 Å². The zero-order valence-electron chi connectivity index (χ0n) is 17.0. The van der Waals surface area contributed by atoms with Crippen molar-refractivity contribution in [1.82, 2.24) is 19.4 Å². The van der Waals surface area contributed by atoms with Crippen LogP contribution in [-0.2, 0) is 4.79 Å². The summed E-state index contributed by atoms with van der Waals surface area (Å²) in [4.78, 5) is 33.7. The average Bonchev–Trinajstić information content (AvgIpc) is 3.55. The summed E-state index contributed by atoms with van der Waals surface area (Å²) in [6.07, 6.45) is 6.21. The number of nitrogens with zero attached hydrogens (tertiary/aromatic N) is 4. The van der Waals surface area contributed by atoms with Crippen LogP contribution in [0.15, 0.2) is 65.5 Å². The molecule has 2 bridgehead atoms. The van der Waals surface area contributed by atoms with Crippen molar-refractivity contribution >= 4 is 27.7 Å². The highest BCUT2D eigenvalue weighted by atomic mass is 79.9. The molecule has 1 aromatic carbocycles. The molecule has 7 nitrogen and oxygen atoms in total. The molecule has 5 rings (SSSR count). The van der Waals surface area contributed by atoms with E-state index in [2.05, 4.69) is 20.9 Å². The number of ether oxygens (including phenoxy) is 1. The molecule has 0 unspecified atom stereocenters. The number of amides is 2. The number of likely N-dealkylation sites (tertiary alicyclic amines) is 2. The van der Waals surface area contributed by atoms with E-state index in [1.807, 2.05) is 40.1 Å². The SMILES string of the molecule is O=C(COc1ccc(F)cc1Br)N1C[C@@H]2C[C@H]1CN2C(=O)c1cc(-n2cccc2)ccn1. The van der Waals surface area contributed by atoms with Crippen molar-refractivity contribution in [2.24, 2.45) is 0 Å². The first-order chi connectivity index (χ1) is 15.5. The van der Waals surface area contributed by atoms with Crippen LogP contribution >= 0.6 is 15.9 Å². The van der Waals surface area contributed by atoms with Crippen LogP contribution in [0, 0.1) is 5.82 Å². The van der Waals surface area contributed by atoms with Gasteiger partial charge >= 0.3 is 0 Å². The number of benzene rings is 1. The monoisotopic (exact) mass is 498 g/mol. The number of carbonyl (C=O) groups excluding carboxylic acids is 2. The molecule has 2 aliphatic heterocycles. The smallest absolute Gasteiger partial charge is 0.272 e. The van der Waals surface area contributed by atoms with Crippen molar-refractivity contribution in [1.29, 1.82) is 0 Å². The molecule has 2 aliphatic rings. The highest BCUT2D eigenvalue weighted by Crippen LogP contribution is 2.32. The van der Waals surface area contributed by atoms with Crippen LogP contribution < -0.4 is 4.74 Å². The molecule has 2 saturated heterocycles. The Morgan fingerprint density at radius 1 is 1.09 bits per heavy atom. The van der Waals surface area contributed by atoms with Gasteiger partial charge in [0.1, 0.15) is 17.3 Å². The first-order valence-corrected chi connectivity index (χ1v) is 11.1. The van der Waals surface area contributed by atoms with Crippen molar-refractivity contribution in [2.75, 3.05) is 19.7 Å². The molecule has 32 heavy (non-hydrogen) atoms. The van der Waals surface area contributed by atoms with Gasteiger partial charge in [-0.05, 0) is 64.8 Å². The summed E-state index contributed by atoms with van der Waals surface area (Å²) in [7, 11) is 0. The number of halogens is 2. The van der Waals surface area contributed by atoms with Crippen molar-refractivity contribution in [3.63, 3.8) is 0 Å². The Kier molecular flexibility index (Phi) is 5.42. The minimum absolute atomic E-state index is 0.0361. The summed E-state index contributed by atoms with van der Waals surface area (Å²) in [6.45, 7) is 0.813. The van der Waals surface area contributed by atoms with Crippen LogP contribution in [0.25, 0.3) is 5.69 Å². The van der Waals surface area contributed by atoms with E-state index in [4.69, 9.17) is 4.74 Å². The standard InChI is InChI=1S/C23H20BrFN4O3/c24-19-9-15(25)3-4-21(19)32-14-22(30)28-12-18-10-17(28)13-29(18)23(31)20-11-16(5-6-26-20)27-7-1-2-8-27/h1-9,11,17-18H,10,12-14H2/t17-,18-/m0/s1. The Balaban J connectivity index is 1.21. The van der Waals surface area contributed by atoms with E-state index < -0.39 is 0 Å². The number of hydrogen-bond acceptors (Lipinski definition) is 4. The predicted octanol–water partition coefficient (Wildman–Crippen LogP) is 3.28. The Morgan fingerprint density at radius 3 is 2.56 bits per heavy atom. The lowest BCUT2D eigenvalue weighted by atomic mass is 10.2. The molecule has 0 radical (unpaired) electrons. The van der Waals surface area contributed by atoms with Gasteiger partial charge in [0.05, 0.1) is 16.6 Å². The number of pyridine rings is 1. The van der Waals surface area contributed by atoms with E-state index in [9.17, 15) is 14.0 Å². The lowest BCUT2D eigenvalue weighted by Gasteiger charge is -2.34. The van der Waals surface area contributed by atoms with Gasteiger partial charge in [-0.1, -0.05) is 0 Å². The first-order valence-electron chi connectivity index (χ1n) is 10.3. The molecule has 0 saturated carbocycles. The molecular formula is C23H20BrFN4O3. The van der Waals surface area contributed by atoms with Crippen molar-refractivity contribution in [3.8, 4) is 11.4 Å². The molecule has 9 heteroatoms. The van der Waals surface area contributed by atoms with Crippen LogP contribution in [-0.4, -0.2) is 62.9 Å². The third kappa shape index (κ3) is 3.88. The Hall–Kier alpha value is -3.20. The number of piperazine rings is 1. The number of carbonyl (C=O) groups is 2. The zero-order valence-corrected chi connectivity index (χ0v) is 18.6. The second-order valence-electron chi connectivity index (χ2n) is 7.90. The predicted molar refractivity (Wildman–Crippen MR) is 118 cm³/mol. The molecule has 2 amide bonds. The van der Waals surface area contributed by atoms with Gasteiger partial charge in [0.2, 0.25) is 0 Å². The Bertz CT molecular complexity index is 1170. The molecule has 0 spiro atoms. The molecule has 4 heterocycles. The second-order valence-corrected chi connectivity index (χ2v) is 8.75. The molecule has 0 aliphatic carbocycles. The zero-order chi connectivity index (χ0) is 22.2. The lowest BCUT2D eigenvalue weighted by Crippen LogP contribution is -2.51. The van der Waals surface area contributed by atoms with E-state index in [0.717, 1.165) is 12.1 Å². The van der Waals surface area contributed by atoms with Crippen LogP contribution in [0.4, 0.5) is 4.39 Å². The Labute approximate surface area is 192 Å². The van der Waals surface area contributed by atoms with Crippen LogP contribution in [0.3, 0.4) is 0 Å². The van der Waals surface area contributed by atoms with E-state index >= 15 is 0 Å². The Morgan fingerprint density at radius 2 is 1.84 bits per heavy atom. The lowest BCUT2D eigenvalue weighted by molar-refractivity contribution is -0.135. The topological polar surface area (TPSA) is 67.7 Å². The number of aromatic nitrogens is 2. The summed E-state index contributed by atoms with van der Waals surface area (Å²) in [5, 5.41) is 0. The number of fused-ring (bicyclic) bond motifs is 2. The average molecular weight is 499 g/mol. The highest BCUT2D eigenvalue weighted by molar-refractivity contribution is 9.10. The van der Waals surface area contributed by atoms with Gasteiger partial charge in [-0.15, -0.1) is 0 Å².